The molecule has 0 aliphatic carbocycles. The number of halogens is 1. The number of benzene rings is 2. The van der Waals surface area contributed by atoms with Crippen LogP contribution in [0.3, 0.4) is 0 Å². The van der Waals surface area contributed by atoms with E-state index in [1.807, 2.05) is 19.9 Å². The van der Waals surface area contributed by atoms with Crippen LogP contribution in [0.25, 0.3) is 11.1 Å². The molecule has 0 atom stereocenters. The molecule has 0 unspecified atom stereocenters. The van der Waals surface area contributed by atoms with Gasteiger partial charge in [0.05, 0.1) is 0 Å². The van der Waals surface area contributed by atoms with Gasteiger partial charge in [0.25, 0.3) is 0 Å². The highest BCUT2D eigenvalue weighted by atomic mass is 19.1. The van der Waals surface area contributed by atoms with Crippen molar-refractivity contribution in [1.82, 2.24) is 5.32 Å². The molecule has 136 valence electrons. The zero-order valence-electron chi connectivity index (χ0n) is 15.6. The molecule has 1 amide bonds. The summed E-state index contributed by atoms with van der Waals surface area (Å²) in [5.41, 5.74) is 7.67. The van der Waals surface area contributed by atoms with Crippen molar-refractivity contribution in [3.8, 4) is 11.1 Å². The molecular formula is C21H29FN2O. The summed E-state index contributed by atoms with van der Waals surface area (Å²) in [6.07, 6.45) is 1.10. The first-order valence-electron chi connectivity index (χ1n) is 8.86. The molecule has 0 saturated carbocycles. The van der Waals surface area contributed by atoms with Crippen molar-refractivity contribution < 1.29 is 9.18 Å². The van der Waals surface area contributed by atoms with Gasteiger partial charge in [-0.2, -0.15) is 0 Å². The van der Waals surface area contributed by atoms with Gasteiger partial charge in [0.1, 0.15) is 5.82 Å². The van der Waals surface area contributed by atoms with Crippen LogP contribution in [0.2, 0.25) is 0 Å². The first kappa shape index (κ1) is 20.8. The van der Waals surface area contributed by atoms with E-state index in [4.69, 9.17) is 5.73 Å². The average molecular weight is 344 g/mol. The Labute approximate surface area is 150 Å². The summed E-state index contributed by atoms with van der Waals surface area (Å²) in [6, 6.07) is 11.9. The van der Waals surface area contributed by atoms with Crippen LogP contribution < -0.4 is 11.1 Å². The lowest BCUT2D eigenvalue weighted by atomic mass is 10.0. The normalized spacial score (nSPS) is 10.3. The molecule has 0 bridgehead atoms. The summed E-state index contributed by atoms with van der Waals surface area (Å²) in [5, 5.41) is 3.32. The van der Waals surface area contributed by atoms with Crippen molar-refractivity contribution in [3.63, 3.8) is 0 Å². The van der Waals surface area contributed by atoms with Crippen molar-refractivity contribution in [1.29, 1.82) is 0 Å². The van der Waals surface area contributed by atoms with Crippen molar-refractivity contribution >= 4 is 5.91 Å². The number of hydrogen-bond donors (Lipinski definition) is 2. The highest BCUT2D eigenvalue weighted by Gasteiger charge is 2.08. The fraction of sp³-hybridized carbons (Fsp3) is 0.381. The summed E-state index contributed by atoms with van der Waals surface area (Å²) >= 11 is 0. The maximum Gasteiger partial charge on any atom is 0.248 e. The van der Waals surface area contributed by atoms with E-state index in [1.54, 1.807) is 30.3 Å². The average Bonchev–Trinajstić information content (AvgIpc) is 2.60. The summed E-state index contributed by atoms with van der Waals surface area (Å²) < 4.78 is 14.4. The van der Waals surface area contributed by atoms with Gasteiger partial charge in [0.2, 0.25) is 5.91 Å². The van der Waals surface area contributed by atoms with E-state index < -0.39 is 5.91 Å². The van der Waals surface area contributed by atoms with Crippen LogP contribution in [-0.2, 0) is 6.54 Å². The topological polar surface area (TPSA) is 55.1 Å². The Bertz CT molecular complexity index is 683. The predicted molar refractivity (Wildman–Crippen MR) is 103 cm³/mol. The Morgan fingerprint density at radius 1 is 1.16 bits per heavy atom. The SMILES string of the molecule is CC.CC(C)CCNCc1ccc(-c2cccc(C(N)=O)c2)c(F)c1. The van der Waals surface area contributed by atoms with Gasteiger partial charge in [-0.15, -0.1) is 0 Å². The van der Waals surface area contributed by atoms with Gasteiger partial charge in [-0.25, -0.2) is 4.39 Å². The second-order valence-electron chi connectivity index (χ2n) is 6.12. The van der Waals surface area contributed by atoms with Crippen LogP contribution in [0.5, 0.6) is 0 Å². The highest BCUT2D eigenvalue weighted by molar-refractivity contribution is 5.94. The molecule has 3 nitrogen and oxygen atoms in total. The van der Waals surface area contributed by atoms with Gasteiger partial charge >= 0.3 is 0 Å². The number of rotatable bonds is 7. The molecule has 0 saturated heterocycles. The number of carbonyl (C=O) groups excluding carboxylic acids is 1. The molecular weight excluding hydrogens is 315 g/mol. The largest absolute Gasteiger partial charge is 0.366 e. The quantitative estimate of drug-likeness (QED) is 0.712. The maximum atomic E-state index is 14.4. The molecule has 0 aliphatic heterocycles. The Hall–Kier alpha value is -2.20. The van der Waals surface area contributed by atoms with E-state index in [9.17, 15) is 9.18 Å². The Morgan fingerprint density at radius 2 is 1.88 bits per heavy atom. The van der Waals surface area contributed by atoms with E-state index in [0.29, 0.717) is 29.2 Å². The Balaban J connectivity index is 0.00000151. The van der Waals surface area contributed by atoms with Crippen LogP contribution in [0, 0.1) is 11.7 Å². The molecule has 0 radical (unpaired) electrons. The minimum absolute atomic E-state index is 0.297. The number of primary amides is 1. The number of nitrogens with two attached hydrogens (primary N) is 1. The van der Waals surface area contributed by atoms with E-state index in [1.165, 1.54) is 6.07 Å². The molecule has 25 heavy (non-hydrogen) atoms. The monoisotopic (exact) mass is 344 g/mol. The summed E-state index contributed by atoms with van der Waals surface area (Å²) in [6.45, 7) is 9.92. The fourth-order valence-corrected chi connectivity index (χ4v) is 2.37. The highest BCUT2D eigenvalue weighted by Crippen LogP contribution is 2.24. The summed E-state index contributed by atoms with van der Waals surface area (Å²) in [7, 11) is 0. The molecule has 2 aromatic rings. The zero-order valence-corrected chi connectivity index (χ0v) is 15.6. The minimum atomic E-state index is -0.516. The Morgan fingerprint density at radius 3 is 2.48 bits per heavy atom. The number of nitrogens with one attached hydrogen (secondary N) is 1. The third kappa shape index (κ3) is 6.67. The number of hydrogen-bond acceptors (Lipinski definition) is 2. The van der Waals surface area contributed by atoms with Crippen molar-refractivity contribution in [3.05, 3.63) is 59.4 Å². The van der Waals surface area contributed by atoms with Crippen LogP contribution in [0.15, 0.2) is 42.5 Å². The minimum Gasteiger partial charge on any atom is -0.366 e. The second-order valence-corrected chi connectivity index (χ2v) is 6.12. The lowest BCUT2D eigenvalue weighted by Crippen LogP contribution is -2.16. The maximum absolute atomic E-state index is 14.4. The van der Waals surface area contributed by atoms with Gasteiger partial charge in [0, 0.05) is 17.7 Å². The molecule has 4 heteroatoms. The lowest BCUT2D eigenvalue weighted by Gasteiger charge is -2.09. The van der Waals surface area contributed by atoms with E-state index in [-0.39, 0.29) is 5.82 Å². The summed E-state index contributed by atoms with van der Waals surface area (Å²) in [4.78, 5) is 11.2. The molecule has 0 aliphatic rings. The zero-order chi connectivity index (χ0) is 18.8. The van der Waals surface area contributed by atoms with Crippen LogP contribution in [0.1, 0.15) is 50.0 Å². The van der Waals surface area contributed by atoms with Crippen molar-refractivity contribution in [2.24, 2.45) is 11.7 Å². The van der Waals surface area contributed by atoms with E-state index >= 15 is 0 Å². The lowest BCUT2D eigenvalue weighted by molar-refractivity contribution is 0.100. The third-order valence-corrected chi connectivity index (χ3v) is 3.72. The molecule has 2 aromatic carbocycles. The van der Waals surface area contributed by atoms with Gasteiger partial charge in [0.15, 0.2) is 0 Å². The van der Waals surface area contributed by atoms with Crippen LogP contribution >= 0.6 is 0 Å². The van der Waals surface area contributed by atoms with Gasteiger partial charge in [-0.05, 0) is 48.2 Å². The van der Waals surface area contributed by atoms with Crippen molar-refractivity contribution in [2.75, 3.05) is 6.54 Å². The molecule has 2 rings (SSSR count). The van der Waals surface area contributed by atoms with Gasteiger partial charge < -0.3 is 11.1 Å². The van der Waals surface area contributed by atoms with Crippen LogP contribution in [0.4, 0.5) is 4.39 Å². The number of amides is 1. The molecule has 0 heterocycles. The Kier molecular flexibility index (Phi) is 8.86. The van der Waals surface area contributed by atoms with Gasteiger partial charge in [-0.3, -0.25) is 4.79 Å². The second kappa shape index (κ2) is 10.6. The number of carbonyl (C=O) groups is 1. The van der Waals surface area contributed by atoms with Gasteiger partial charge in [-0.1, -0.05) is 52.0 Å². The fourth-order valence-electron chi connectivity index (χ4n) is 2.37. The van der Waals surface area contributed by atoms with E-state index in [0.717, 1.165) is 18.5 Å². The summed E-state index contributed by atoms with van der Waals surface area (Å²) in [5.74, 6) is -0.160. The first-order chi connectivity index (χ1) is 12.0. The van der Waals surface area contributed by atoms with Crippen LogP contribution in [-0.4, -0.2) is 12.5 Å². The smallest absolute Gasteiger partial charge is 0.248 e. The molecule has 0 aromatic heterocycles. The molecule has 3 N–H and O–H groups in total. The standard InChI is InChI=1S/C19H23FN2O.C2H6/c1-13(2)8-9-22-12-14-6-7-17(18(20)10-14)15-4-3-5-16(11-15)19(21)23;1-2/h3-7,10-11,13,22H,8-9,12H2,1-2H3,(H2,21,23);1-2H3. The van der Waals surface area contributed by atoms with E-state index in [2.05, 4.69) is 19.2 Å². The molecule has 0 spiro atoms. The first-order valence-corrected chi connectivity index (χ1v) is 8.86. The third-order valence-electron chi connectivity index (χ3n) is 3.72. The van der Waals surface area contributed by atoms with Crippen molar-refractivity contribution in [2.45, 2.75) is 40.7 Å². The molecule has 0 fully saturated rings. The predicted octanol–water partition coefficient (Wildman–Crippen LogP) is 4.75.